The molecule has 0 aliphatic heterocycles. The summed E-state index contributed by atoms with van der Waals surface area (Å²) in [5.41, 5.74) is 3.36. The van der Waals surface area contributed by atoms with Crippen LogP contribution in [0.5, 0.6) is 0 Å². The third kappa shape index (κ3) is 13.0. The molecule has 0 radical (unpaired) electrons. The molecule has 198 valence electrons. The zero-order valence-electron chi connectivity index (χ0n) is 21.9. The van der Waals surface area contributed by atoms with Gasteiger partial charge in [-0.15, -0.1) is 0 Å². The Labute approximate surface area is 337 Å². The molecule has 0 fully saturated rings. The van der Waals surface area contributed by atoms with Crippen LogP contribution in [0.25, 0.3) is 20.9 Å². The Morgan fingerprint density at radius 2 is 1.40 bits per heavy atom. The number of carbonyl (C=O) groups is 2. The number of halogens is 3. The molecule has 0 N–H and O–H groups in total. The SMILES string of the molecule is C.Clc1ccc2nc(-c3ccccc3)sc2n1.O=C(Cc1ccc(Cl)nc1Cl)c1ccccc1.O=CO[O-].[H-].[K+].[K+]. The third-order valence-corrected chi connectivity index (χ3v) is 6.38. The van der Waals surface area contributed by atoms with Gasteiger partial charge in [-0.1, -0.05) is 120 Å². The van der Waals surface area contributed by atoms with Crippen molar-refractivity contribution in [3.63, 3.8) is 0 Å². The smallest absolute Gasteiger partial charge is 1.00 e. The summed E-state index contributed by atoms with van der Waals surface area (Å²) in [5, 5.41) is 10.5. The molecule has 0 amide bonds. The van der Waals surface area contributed by atoms with Gasteiger partial charge < -0.3 is 11.6 Å². The van der Waals surface area contributed by atoms with Crippen molar-refractivity contribution in [3.8, 4) is 10.6 Å². The molecule has 3 aromatic heterocycles. The number of hydrogen-bond donors (Lipinski definition) is 0. The van der Waals surface area contributed by atoms with Crippen molar-refractivity contribution < 1.29 is 124 Å². The van der Waals surface area contributed by atoms with Crippen LogP contribution in [-0.4, -0.2) is 27.2 Å². The van der Waals surface area contributed by atoms with E-state index in [2.05, 4.69) is 19.8 Å². The van der Waals surface area contributed by atoms with E-state index in [1.165, 1.54) is 0 Å². The van der Waals surface area contributed by atoms with E-state index >= 15 is 0 Å². The number of carbonyl (C=O) groups excluding carboxylic acids is 2. The Balaban J connectivity index is 0. The largest absolute Gasteiger partial charge is 1.00 e. The number of nitrogens with zero attached hydrogens (tertiary/aromatic N) is 3. The summed E-state index contributed by atoms with van der Waals surface area (Å²) in [6, 6.07) is 26.2. The zero-order chi connectivity index (χ0) is 26.6. The minimum Gasteiger partial charge on any atom is -1.00 e. The topological polar surface area (TPSA) is 105 Å². The Morgan fingerprint density at radius 1 is 0.850 bits per heavy atom. The fraction of sp³-hybridized carbons (Fsp3) is 0.0741. The minimum atomic E-state index is -0.181. The zero-order valence-corrected chi connectivity index (χ0v) is 30.2. The van der Waals surface area contributed by atoms with Crippen molar-refractivity contribution in [1.82, 2.24) is 15.0 Å². The third-order valence-electron chi connectivity index (χ3n) is 4.62. The van der Waals surface area contributed by atoms with Crippen LogP contribution in [0, 0.1) is 0 Å². The molecule has 0 aliphatic rings. The molecule has 7 nitrogen and oxygen atoms in total. The van der Waals surface area contributed by atoms with Crippen LogP contribution < -0.4 is 108 Å². The van der Waals surface area contributed by atoms with Crippen LogP contribution in [0.1, 0.15) is 24.8 Å². The van der Waals surface area contributed by atoms with Gasteiger partial charge in [-0.3, -0.25) is 9.59 Å². The van der Waals surface area contributed by atoms with E-state index in [0.717, 1.165) is 20.9 Å². The van der Waals surface area contributed by atoms with Crippen LogP contribution in [0.4, 0.5) is 0 Å². The molecule has 2 aromatic carbocycles. The molecule has 3 heterocycles. The van der Waals surface area contributed by atoms with Crippen LogP contribution >= 0.6 is 46.1 Å². The fourth-order valence-electron chi connectivity index (χ4n) is 2.97. The summed E-state index contributed by atoms with van der Waals surface area (Å²) in [4.78, 5) is 36.7. The maximum absolute atomic E-state index is 11.9. The van der Waals surface area contributed by atoms with Crippen LogP contribution in [-0.2, 0) is 16.1 Å². The standard InChI is InChI=1S/C13H9Cl2NO.C12H7ClN2S.CH2O3.CH4.2K.H/c14-12-7-6-10(13(15)16-12)8-11(17)9-4-2-1-3-5-9;13-10-7-6-9-12(15-10)16-11(14-9)8-4-2-1-3-5-8;2-1-4-3;;;;/h1-7H,8H2;1-7H;1,3H;1H4;;;/q;;;;2*+1;-1/p-1. The summed E-state index contributed by atoms with van der Waals surface area (Å²) < 4.78 is 0. The number of aromatic nitrogens is 3. The second kappa shape index (κ2) is 21.5. The van der Waals surface area contributed by atoms with Crippen LogP contribution in [0.15, 0.2) is 84.9 Å². The molecule has 0 atom stereocenters. The van der Waals surface area contributed by atoms with Crippen molar-refractivity contribution in [2.75, 3.05) is 0 Å². The van der Waals surface area contributed by atoms with Gasteiger partial charge in [0.1, 0.15) is 30.8 Å². The number of rotatable bonds is 5. The normalized spacial score (nSPS) is 9.20. The molecule has 40 heavy (non-hydrogen) atoms. The molecule has 0 unspecified atom stereocenters. The molecule has 0 saturated carbocycles. The van der Waals surface area contributed by atoms with Crippen LogP contribution in [0.3, 0.4) is 0 Å². The van der Waals surface area contributed by atoms with E-state index in [1.807, 2.05) is 54.6 Å². The van der Waals surface area contributed by atoms with Gasteiger partial charge in [0.05, 0.1) is 0 Å². The van der Waals surface area contributed by atoms with Gasteiger partial charge in [0.25, 0.3) is 6.47 Å². The van der Waals surface area contributed by atoms with Gasteiger partial charge >= 0.3 is 103 Å². The average molecular weight is 669 g/mol. The number of hydrogen-bond acceptors (Lipinski definition) is 8. The van der Waals surface area contributed by atoms with E-state index in [9.17, 15) is 4.79 Å². The number of thiazole rings is 1. The van der Waals surface area contributed by atoms with E-state index in [1.54, 1.807) is 41.7 Å². The number of fused-ring (bicyclic) bond motifs is 1. The first-order valence-corrected chi connectivity index (χ1v) is 12.5. The van der Waals surface area contributed by atoms with E-state index in [-0.39, 0.29) is 135 Å². The second-order valence-electron chi connectivity index (χ2n) is 7.09. The first-order valence-electron chi connectivity index (χ1n) is 10.5. The predicted molar refractivity (Wildman–Crippen MR) is 152 cm³/mol. The van der Waals surface area contributed by atoms with Crippen molar-refractivity contribution in [3.05, 3.63) is 112 Å². The Hall–Kier alpha value is -0.127. The number of benzene rings is 2. The van der Waals surface area contributed by atoms with E-state index < -0.39 is 0 Å². The summed E-state index contributed by atoms with van der Waals surface area (Å²) >= 11 is 19.0. The molecule has 5 rings (SSSR count). The van der Waals surface area contributed by atoms with Gasteiger partial charge in [-0.05, 0) is 23.8 Å². The molecule has 13 heteroatoms. The van der Waals surface area contributed by atoms with Crippen molar-refractivity contribution >= 4 is 68.7 Å². The van der Waals surface area contributed by atoms with E-state index in [4.69, 9.17) is 44.9 Å². The van der Waals surface area contributed by atoms with Crippen molar-refractivity contribution in [2.45, 2.75) is 13.8 Å². The van der Waals surface area contributed by atoms with Crippen molar-refractivity contribution in [1.29, 1.82) is 0 Å². The van der Waals surface area contributed by atoms with Gasteiger partial charge in [0, 0.05) is 17.5 Å². The fourth-order valence-corrected chi connectivity index (χ4v) is 4.52. The van der Waals surface area contributed by atoms with E-state index in [0.29, 0.717) is 21.4 Å². The molecular weight excluding hydrogens is 647 g/mol. The summed E-state index contributed by atoms with van der Waals surface area (Å²) in [7, 11) is 0. The Morgan fingerprint density at radius 3 is 1.98 bits per heavy atom. The monoisotopic (exact) mass is 667 g/mol. The maximum Gasteiger partial charge on any atom is 1.00 e. The first-order chi connectivity index (χ1) is 17.9. The number of pyridine rings is 2. The Bertz CT molecular complexity index is 1490. The molecular formula is C27H22Cl3K2N3O4S. The molecule has 0 aliphatic carbocycles. The van der Waals surface area contributed by atoms with Crippen LogP contribution in [0.2, 0.25) is 15.5 Å². The second-order valence-corrected chi connectivity index (χ2v) is 9.20. The molecule has 0 spiro atoms. The minimum absolute atomic E-state index is 0. The van der Waals surface area contributed by atoms with Gasteiger partial charge in [0.2, 0.25) is 0 Å². The number of Topliss-reactive ketones (excluding diaryl/α,β-unsaturated/α-hetero) is 1. The number of ketones is 1. The summed E-state index contributed by atoms with van der Waals surface area (Å²) in [6.07, 6.45) is 0.229. The van der Waals surface area contributed by atoms with Gasteiger partial charge in [0.15, 0.2) is 5.78 Å². The molecule has 5 aromatic rings. The molecule has 0 saturated heterocycles. The van der Waals surface area contributed by atoms with Crippen molar-refractivity contribution in [2.24, 2.45) is 0 Å². The van der Waals surface area contributed by atoms with Gasteiger partial charge in [-0.2, -0.15) is 0 Å². The maximum atomic E-state index is 11.9. The molecule has 0 bridgehead atoms. The summed E-state index contributed by atoms with van der Waals surface area (Å²) in [5.74, 6) is 0.0108. The predicted octanol–water partition coefficient (Wildman–Crippen LogP) is 1.02. The summed E-state index contributed by atoms with van der Waals surface area (Å²) in [6.45, 7) is -0.181. The first kappa shape index (κ1) is 39.9. The Kier molecular flexibility index (Phi) is 21.5. The van der Waals surface area contributed by atoms with Gasteiger partial charge in [-0.25, -0.2) is 15.0 Å². The quantitative estimate of drug-likeness (QED) is 0.0688. The average Bonchev–Trinajstić information content (AvgIpc) is 3.35.